The maximum atomic E-state index is 13.1. The molecule has 0 aliphatic heterocycles. The van der Waals surface area contributed by atoms with Crippen LogP contribution in [-0.2, 0) is 65.4 Å². The number of carbonyl (C=O) groups is 4. The number of unbranched alkanes of at least 4 members (excludes halogenated alkanes) is 33. The zero-order chi connectivity index (χ0) is 76.0. The first-order valence-electron chi connectivity index (χ1n) is 41.1. The maximum Gasteiger partial charge on any atom is 0.472 e. The van der Waals surface area contributed by atoms with Gasteiger partial charge in [-0.2, -0.15) is 0 Å². The second-order valence-corrected chi connectivity index (χ2v) is 30.2. The Kier molecular flexibility index (Phi) is 73.7. The summed E-state index contributed by atoms with van der Waals surface area (Å²) in [5.41, 5.74) is 0. The molecule has 0 aromatic rings. The zero-order valence-corrected chi connectivity index (χ0v) is 67.5. The van der Waals surface area contributed by atoms with Crippen molar-refractivity contribution in [3.05, 3.63) is 109 Å². The Labute approximate surface area is 632 Å². The predicted octanol–water partition coefficient (Wildman–Crippen LogP) is 24.1. The van der Waals surface area contributed by atoms with Gasteiger partial charge in [0, 0.05) is 25.7 Å². The lowest BCUT2D eigenvalue weighted by molar-refractivity contribution is -0.161. The third-order valence-corrected chi connectivity index (χ3v) is 19.1. The quantitative estimate of drug-likeness (QED) is 0.0169. The Morgan fingerprint density at radius 2 is 0.519 bits per heavy atom. The molecule has 3 N–H and O–H groups in total. The molecule has 0 heterocycles. The number of hydrogen-bond donors (Lipinski definition) is 3. The molecule has 0 saturated carbocycles. The van der Waals surface area contributed by atoms with E-state index in [0.29, 0.717) is 25.7 Å². The van der Waals surface area contributed by atoms with Crippen molar-refractivity contribution in [3.8, 4) is 0 Å². The van der Waals surface area contributed by atoms with Gasteiger partial charge in [-0.1, -0.05) is 310 Å². The summed E-state index contributed by atoms with van der Waals surface area (Å²) in [6, 6.07) is 0. The number of aliphatic hydroxyl groups is 1. The molecule has 600 valence electrons. The molecule has 0 spiro atoms. The van der Waals surface area contributed by atoms with Gasteiger partial charge in [-0.15, -0.1) is 0 Å². The number of allylic oxidation sites excluding steroid dienone is 18. The standard InChI is InChI=1S/C85H148O17P2/c1-5-9-13-17-21-25-29-33-36-38-39-41-44-47-50-54-58-62-66-70-83(88)96-76-81(102-85(90)72-68-64-60-56-52-48-42-35-31-27-23-19-15-11-7-3)78-100-104(93,94)98-74-79(86)73-97-103(91,92)99-77-80(101-84(89)71-67-63-59-55-51-45-32-28-24-20-16-12-8-4)75-95-82(87)69-65-61-57-53-49-46-43-40-37-34-30-26-22-18-14-10-6-2/h9-10,13-14,16,20-22,25-26,28,32-34,36-37,39,41,79-81,86H,5-8,11-12,15,17-19,23-24,27,29-31,35,38,40,42-78H2,1-4H3,(H,91,92)(H,93,94)/b13-9-,14-10-,20-16-,25-21-,26-22-,32-28-,36-33-,37-34-,41-39-. The van der Waals surface area contributed by atoms with Crippen molar-refractivity contribution in [2.45, 2.75) is 367 Å². The molecule has 0 aromatic heterocycles. The number of carbonyl (C=O) groups excluding carboxylic acids is 4. The molecule has 0 aromatic carbocycles. The van der Waals surface area contributed by atoms with Crippen LogP contribution in [0.2, 0.25) is 0 Å². The van der Waals surface area contributed by atoms with Crippen molar-refractivity contribution in [1.29, 1.82) is 0 Å². The Balaban J connectivity index is 5.35. The summed E-state index contributed by atoms with van der Waals surface area (Å²) in [5, 5.41) is 10.7. The van der Waals surface area contributed by atoms with Crippen molar-refractivity contribution in [1.82, 2.24) is 0 Å². The Morgan fingerprint density at radius 3 is 0.808 bits per heavy atom. The molecule has 0 fully saturated rings. The fourth-order valence-electron chi connectivity index (χ4n) is 11.0. The van der Waals surface area contributed by atoms with Crippen LogP contribution in [0, 0.1) is 0 Å². The molecule has 0 aliphatic rings. The molecule has 104 heavy (non-hydrogen) atoms. The Hall–Kier alpha value is -4.28. The highest BCUT2D eigenvalue weighted by Crippen LogP contribution is 2.45. The molecular formula is C85H148O17P2. The van der Waals surface area contributed by atoms with Crippen molar-refractivity contribution in [2.24, 2.45) is 0 Å². The average molecular weight is 1500 g/mol. The van der Waals surface area contributed by atoms with Crippen LogP contribution < -0.4 is 0 Å². The van der Waals surface area contributed by atoms with Crippen LogP contribution in [0.25, 0.3) is 0 Å². The van der Waals surface area contributed by atoms with Crippen LogP contribution in [0.1, 0.15) is 349 Å². The van der Waals surface area contributed by atoms with Crippen LogP contribution in [0.3, 0.4) is 0 Å². The summed E-state index contributed by atoms with van der Waals surface area (Å²) >= 11 is 0. The summed E-state index contributed by atoms with van der Waals surface area (Å²) in [7, 11) is -9.96. The molecule has 0 radical (unpaired) electrons. The van der Waals surface area contributed by atoms with Gasteiger partial charge in [-0.25, -0.2) is 9.13 Å². The van der Waals surface area contributed by atoms with E-state index < -0.39 is 97.5 Å². The summed E-state index contributed by atoms with van der Waals surface area (Å²) in [6.45, 7) is 4.60. The van der Waals surface area contributed by atoms with E-state index in [1.807, 2.05) is 0 Å². The van der Waals surface area contributed by atoms with E-state index in [9.17, 15) is 43.2 Å². The van der Waals surface area contributed by atoms with Gasteiger partial charge in [0.2, 0.25) is 0 Å². The Morgan fingerprint density at radius 1 is 0.279 bits per heavy atom. The predicted molar refractivity (Wildman–Crippen MR) is 427 cm³/mol. The minimum atomic E-state index is -4.98. The highest BCUT2D eigenvalue weighted by atomic mass is 31.2. The van der Waals surface area contributed by atoms with Crippen LogP contribution in [-0.4, -0.2) is 96.7 Å². The number of hydrogen-bond acceptors (Lipinski definition) is 15. The van der Waals surface area contributed by atoms with Gasteiger partial charge in [0.15, 0.2) is 12.2 Å². The first-order chi connectivity index (χ1) is 50.7. The summed E-state index contributed by atoms with van der Waals surface area (Å²) in [4.78, 5) is 73.1. The van der Waals surface area contributed by atoms with Crippen LogP contribution >= 0.6 is 15.6 Å². The summed E-state index contributed by atoms with van der Waals surface area (Å²) in [5.74, 6) is -2.20. The van der Waals surface area contributed by atoms with Gasteiger partial charge in [-0.05, 0) is 122 Å². The van der Waals surface area contributed by atoms with Crippen molar-refractivity contribution in [2.75, 3.05) is 39.6 Å². The van der Waals surface area contributed by atoms with E-state index >= 15 is 0 Å². The van der Waals surface area contributed by atoms with Gasteiger partial charge in [0.1, 0.15) is 19.3 Å². The fourth-order valence-corrected chi connectivity index (χ4v) is 12.6. The average Bonchev–Trinajstić information content (AvgIpc) is 0.911. The van der Waals surface area contributed by atoms with E-state index in [2.05, 4.69) is 137 Å². The molecule has 0 aliphatic carbocycles. The molecule has 5 atom stereocenters. The van der Waals surface area contributed by atoms with E-state index in [4.69, 9.17) is 37.0 Å². The van der Waals surface area contributed by atoms with E-state index in [1.165, 1.54) is 64.2 Å². The van der Waals surface area contributed by atoms with Crippen LogP contribution in [0.4, 0.5) is 0 Å². The van der Waals surface area contributed by atoms with Crippen molar-refractivity contribution in [3.63, 3.8) is 0 Å². The molecule has 17 nitrogen and oxygen atoms in total. The fraction of sp³-hybridized carbons (Fsp3) is 0.741. The first-order valence-corrected chi connectivity index (χ1v) is 44.1. The third-order valence-electron chi connectivity index (χ3n) is 17.2. The van der Waals surface area contributed by atoms with E-state index in [-0.39, 0.29) is 25.7 Å². The molecule has 5 unspecified atom stereocenters. The Bertz CT molecular complexity index is 2390. The molecule has 0 bridgehead atoms. The number of phosphoric acid groups is 2. The number of esters is 4. The SMILES string of the molecule is CC/C=C\C/C=C\C/C=C\C/C=C\CCCCCCCCC(=O)OCC(COP(=O)(O)OCC(O)COP(=O)(O)OCC(COC(=O)CCCCCCCCC/C=C\C/C=C\C/C=C\CC)OC(=O)CCCCCCC/C=C\C/C=C\CCC)OC(=O)CCCCCCCCCCCCCCCCC. The van der Waals surface area contributed by atoms with Gasteiger partial charge >= 0.3 is 39.5 Å². The van der Waals surface area contributed by atoms with Crippen LogP contribution in [0.15, 0.2) is 109 Å². The number of rotatable bonds is 77. The first kappa shape index (κ1) is 99.7. The summed E-state index contributed by atoms with van der Waals surface area (Å²) < 4.78 is 68.7. The smallest absolute Gasteiger partial charge is 0.462 e. The molecule has 0 rings (SSSR count). The largest absolute Gasteiger partial charge is 0.472 e. The lowest BCUT2D eigenvalue weighted by Crippen LogP contribution is -2.30. The van der Waals surface area contributed by atoms with Crippen LogP contribution in [0.5, 0.6) is 0 Å². The minimum Gasteiger partial charge on any atom is -0.462 e. The van der Waals surface area contributed by atoms with E-state index in [0.717, 1.165) is 205 Å². The monoisotopic (exact) mass is 1500 g/mol. The second kappa shape index (κ2) is 76.9. The summed E-state index contributed by atoms with van der Waals surface area (Å²) in [6.07, 6.45) is 83.4. The maximum absolute atomic E-state index is 13.1. The number of aliphatic hydroxyl groups excluding tert-OH is 1. The van der Waals surface area contributed by atoms with Gasteiger partial charge < -0.3 is 33.8 Å². The topological polar surface area (TPSA) is 237 Å². The van der Waals surface area contributed by atoms with Gasteiger partial charge in [-0.3, -0.25) is 37.3 Å². The molecule has 0 saturated heterocycles. The van der Waals surface area contributed by atoms with E-state index in [1.54, 1.807) is 0 Å². The molecular weight excluding hydrogens is 1350 g/mol. The van der Waals surface area contributed by atoms with Crippen molar-refractivity contribution >= 4 is 39.5 Å². The van der Waals surface area contributed by atoms with Gasteiger partial charge in [0.05, 0.1) is 26.4 Å². The lowest BCUT2D eigenvalue weighted by Gasteiger charge is -2.21. The highest BCUT2D eigenvalue weighted by Gasteiger charge is 2.30. The minimum absolute atomic E-state index is 0.0762. The highest BCUT2D eigenvalue weighted by molar-refractivity contribution is 7.47. The number of ether oxygens (including phenoxy) is 4. The lowest BCUT2D eigenvalue weighted by atomic mass is 10.0. The third kappa shape index (κ3) is 75.9. The molecule has 0 amide bonds. The zero-order valence-electron chi connectivity index (χ0n) is 65.7. The van der Waals surface area contributed by atoms with Gasteiger partial charge in [0.25, 0.3) is 0 Å². The second-order valence-electron chi connectivity index (χ2n) is 27.3. The number of phosphoric ester groups is 2. The normalized spacial score (nSPS) is 14.4. The van der Waals surface area contributed by atoms with Crippen molar-refractivity contribution < 1.29 is 80.2 Å². The molecule has 19 heteroatoms.